The molecule has 1 atom stereocenters. The van der Waals surface area contributed by atoms with Gasteiger partial charge in [0.15, 0.2) is 11.9 Å². The van der Waals surface area contributed by atoms with Crippen molar-refractivity contribution < 1.29 is 19.1 Å². The number of rotatable bonds is 5. The Morgan fingerprint density at radius 3 is 2.33 bits per heavy atom. The van der Waals surface area contributed by atoms with E-state index in [1.54, 1.807) is 38.3 Å². The number of methoxy groups -OCH3 is 1. The Bertz CT molecular complexity index is 414. The molecule has 1 aromatic rings. The predicted octanol–water partition coefficient (Wildman–Crippen LogP) is 2.07. The fraction of sp³-hybridized carbons (Fsp3) is 0.385. The summed E-state index contributed by atoms with van der Waals surface area (Å²) in [5, 5.41) is 2.33. The standard InChI is InChI=1S/C13H17NO4/c1-4-11(15)12(18-13(16)14-2)9-5-7-10(17-3)8-6-9/h5-8,12H,4H2,1-3H3,(H,14,16). The molecule has 0 aliphatic heterocycles. The zero-order chi connectivity index (χ0) is 13.5. The van der Waals surface area contributed by atoms with Gasteiger partial charge in [0.1, 0.15) is 5.75 Å². The molecular weight excluding hydrogens is 234 g/mol. The summed E-state index contributed by atoms with van der Waals surface area (Å²) in [5.41, 5.74) is 0.631. The summed E-state index contributed by atoms with van der Waals surface area (Å²) in [7, 11) is 3.01. The molecule has 0 fully saturated rings. The molecule has 1 amide bonds. The van der Waals surface area contributed by atoms with Crippen LogP contribution in [-0.4, -0.2) is 26.0 Å². The quantitative estimate of drug-likeness (QED) is 0.870. The van der Waals surface area contributed by atoms with Gasteiger partial charge in [-0.15, -0.1) is 0 Å². The molecule has 18 heavy (non-hydrogen) atoms. The van der Waals surface area contributed by atoms with Crippen LogP contribution in [0.2, 0.25) is 0 Å². The highest BCUT2D eigenvalue weighted by atomic mass is 16.6. The van der Waals surface area contributed by atoms with Crippen molar-refractivity contribution in [1.29, 1.82) is 0 Å². The number of carbonyl (C=O) groups is 2. The van der Waals surface area contributed by atoms with Crippen molar-refractivity contribution in [3.8, 4) is 5.75 Å². The smallest absolute Gasteiger partial charge is 0.407 e. The van der Waals surface area contributed by atoms with Gasteiger partial charge >= 0.3 is 6.09 Å². The van der Waals surface area contributed by atoms with Crippen LogP contribution in [0.4, 0.5) is 4.79 Å². The lowest BCUT2D eigenvalue weighted by atomic mass is 10.0. The lowest BCUT2D eigenvalue weighted by Gasteiger charge is -2.16. The Morgan fingerprint density at radius 1 is 1.28 bits per heavy atom. The minimum Gasteiger partial charge on any atom is -0.497 e. The predicted molar refractivity (Wildman–Crippen MR) is 66.6 cm³/mol. The first-order valence-corrected chi connectivity index (χ1v) is 5.67. The zero-order valence-electron chi connectivity index (χ0n) is 10.7. The molecule has 0 saturated heterocycles. The lowest BCUT2D eigenvalue weighted by molar-refractivity contribution is -0.127. The second kappa shape index (κ2) is 6.64. The van der Waals surface area contributed by atoms with E-state index in [9.17, 15) is 9.59 Å². The normalized spacial score (nSPS) is 11.5. The molecule has 1 unspecified atom stereocenters. The first-order chi connectivity index (χ1) is 8.62. The van der Waals surface area contributed by atoms with Gasteiger partial charge < -0.3 is 14.8 Å². The van der Waals surface area contributed by atoms with Crippen LogP contribution < -0.4 is 10.1 Å². The van der Waals surface area contributed by atoms with Crippen LogP contribution in [0.3, 0.4) is 0 Å². The number of amides is 1. The van der Waals surface area contributed by atoms with Gasteiger partial charge in [-0.1, -0.05) is 19.1 Å². The van der Waals surface area contributed by atoms with E-state index in [4.69, 9.17) is 9.47 Å². The molecule has 0 radical (unpaired) electrons. The van der Waals surface area contributed by atoms with E-state index in [0.717, 1.165) is 0 Å². The van der Waals surface area contributed by atoms with Crippen LogP contribution in [0.5, 0.6) is 5.75 Å². The number of Topliss-reactive ketones (excluding diaryl/α,β-unsaturated/α-hetero) is 1. The van der Waals surface area contributed by atoms with Gasteiger partial charge in [-0.25, -0.2) is 4.79 Å². The van der Waals surface area contributed by atoms with E-state index in [1.165, 1.54) is 7.05 Å². The molecule has 98 valence electrons. The van der Waals surface area contributed by atoms with Crippen molar-refractivity contribution in [3.05, 3.63) is 29.8 Å². The van der Waals surface area contributed by atoms with Gasteiger partial charge in [-0.05, 0) is 12.1 Å². The number of benzene rings is 1. The lowest BCUT2D eigenvalue weighted by Crippen LogP contribution is -2.25. The molecule has 0 spiro atoms. The van der Waals surface area contributed by atoms with Gasteiger partial charge in [-0.3, -0.25) is 4.79 Å². The minimum atomic E-state index is -0.874. The number of hydrogen-bond acceptors (Lipinski definition) is 4. The number of ether oxygens (including phenoxy) is 2. The molecule has 1 aromatic carbocycles. The van der Waals surface area contributed by atoms with Crippen LogP contribution in [0.15, 0.2) is 24.3 Å². The molecule has 0 aliphatic carbocycles. The van der Waals surface area contributed by atoms with Crippen LogP contribution >= 0.6 is 0 Å². The van der Waals surface area contributed by atoms with Gasteiger partial charge in [0.05, 0.1) is 7.11 Å². The fourth-order valence-electron chi connectivity index (χ4n) is 1.45. The van der Waals surface area contributed by atoms with Crippen molar-refractivity contribution in [2.75, 3.05) is 14.2 Å². The molecule has 1 N–H and O–H groups in total. The Morgan fingerprint density at radius 2 is 1.89 bits per heavy atom. The molecule has 0 bridgehead atoms. The van der Waals surface area contributed by atoms with Crippen molar-refractivity contribution in [3.63, 3.8) is 0 Å². The second-order valence-electron chi connectivity index (χ2n) is 3.63. The maximum absolute atomic E-state index is 11.8. The molecule has 0 aliphatic rings. The Balaban J connectivity index is 2.93. The summed E-state index contributed by atoms with van der Waals surface area (Å²) in [6.07, 6.45) is -1.20. The third-order valence-electron chi connectivity index (χ3n) is 2.49. The Kier molecular flexibility index (Phi) is 5.17. The average Bonchev–Trinajstić information content (AvgIpc) is 2.43. The average molecular weight is 251 g/mol. The number of alkyl carbamates (subject to hydrolysis) is 1. The molecule has 1 rings (SSSR count). The number of carbonyl (C=O) groups excluding carboxylic acids is 2. The van der Waals surface area contributed by atoms with Gasteiger partial charge in [0, 0.05) is 19.0 Å². The summed E-state index contributed by atoms with van der Waals surface area (Å²) in [6, 6.07) is 6.86. The summed E-state index contributed by atoms with van der Waals surface area (Å²) in [5.74, 6) is 0.533. The largest absolute Gasteiger partial charge is 0.497 e. The van der Waals surface area contributed by atoms with Crippen LogP contribution in [0.25, 0.3) is 0 Å². The number of nitrogens with one attached hydrogen (secondary N) is 1. The molecular formula is C13H17NO4. The molecule has 0 aromatic heterocycles. The maximum Gasteiger partial charge on any atom is 0.407 e. The topological polar surface area (TPSA) is 64.6 Å². The third kappa shape index (κ3) is 3.48. The van der Waals surface area contributed by atoms with Crippen LogP contribution in [0, 0.1) is 0 Å². The van der Waals surface area contributed by atoms with Crippen LogP contribution in [-0.2, 0) is 9.53 Å². The number of hydrogen-bond donors (Lipinski definition) is 1. The van der Waals surface area contributed by atoms with E-state index in [-0.39, 0.29) is 5.78 Å². The van der Waals surface area contributed by atoms with Crippen molar-refractivity contribution in [2.24, 2.45) is 0 Å². The highest BCUT2D eigenvalue weighted by molar-refractivity contribution is 5.86. The van der Waals surface area contributed by atoms with Crippen molar-refractivity contribution >= 4 is 11.9 Å². The zero-order valence-corrected chi connectivity index (χ0v) is 10.7. The van der Waals surface area contributed by atoms with Gasteiger partial charge in [0.2, 0.25) is 0 Å². The SMILES string of the molecule is CCC(=O)C(OC(=O)NC)c1ccc(OC)cc1. The minimum absolute atomic E-state index is 0.149. The molecule has 5 nitrogen and oxygen atoms in total. The van der Waals surface area contributed by atoms with Gasteiger partial charge in [-0.2, -0.15) is 0 Å². The highest BCUT2D eigenvalue weighted by Gasteiger charge is 2.22. The monoisotopic (exact) mass is 251 g/mol. The molecule has 0 saturated carbocycles. The van der Waals surface area contributed by atoms with E-state index < -0.39 is 12.2 Å². The summed E-state index contributed by atoms with van der Waals surface area (Å²) in [4.78, 5) is 23.0. The summed E-state index contributed by atoms with van der Waals surface area (Å²) in [6.45, 7) is 1.73. The number of ketones is 1. The first kappa shape index (κ1) is 14.0. The fourth-order valence-corrected chi connectivity index (χ4v) is 1.45. The van der Waals surface area contributed by atoms with E-state index in [2.05, 4.69) is 5.32 Å². The van der Waals surface area contributed by atoms with E-state index >= 15 is 0 Å². The van der Waals surface area contributed by atoms with Crippen LogP contribution in [0.1, 0.15) is 25.0 Å². The highest BCUT2D eigenvalue weighted by Crippen LogP contribution is 2.22. The Labute approximate surface area is 106 Å². The summed E-state index contributed by atoms with van der Waals surface area (Å²) < 4.78 is 10.1. The van der Waals surface area contributed by atoms with E-state index in [1.807, 2.05) is 0 Å². The maximum atomic E-state index is 11.8. The second-order valence-corrected chi connectivity index (χ2v) is 3.63. The molecule has 0 heterocycles. The molecule has 5 heteroatoms. The van der Waals surface area contributed by atoms with Gasteiger partial charge in [0.25, 0.3) is 0 Å². The van der Waals surface area contributed by atoms with Crippen molar-refractivity contribution in [2.45, 2.75) is 19.4 Å². The Hall–Kier alpha value is -2.04. The third-order valence-corrected chi connectivity index (χ3v) is 2.49. The first-order valence-electron chi connectivity index (χ1n) is 5.67. The van der Waals surface area contributed by atoms with E-state index in [0.29, 0.717) is 17.7 Å². The summed E-state index contributed by atoms with van der Waals surface area (Å²) >= 11 is 0. The van der Waals surface area contributed by atoms with Crippen molar-refractivity contribution in [1.82, 2.24) is 5.32 Å².